The van der Waals surface area contributed by atoms with E-state index in [-0.39, 0.29) is 0 Å². The van der Waals surface area contributed by atoms with Gasteiger partial charge in [-0.15, -0.1) is 0 Å². The first-order chi connectivity index (χ1) is 10.3. The number of ether oxygens (including phenoxy) is 2. The van der Waals surface area contributed by atoms with Crippen LogP contribution in [0.25, 0.3) is 0 Å². The third kappa shape index (κ3) is 3.32. The maximum Gasteiger partial charge on any atom is 0.135 e. The van der Waals surface area contributed by atoms with Crippen LogP contribution in [-0.4, -0.2) is 20.3 Å². The molecule has 0 saturated carbocycles. The molecule has 0 fully saturated rings. The minimum atomic E-state index is 0.815. The van der Waals surface area contributed by atoms with Gasteiger partial charge >= 0.3 is 0 Å². The third-order valence-corrected chi connectivity index (χ3v) is 4.30. The summed E-state index contributed by atoms with van der Waals surface area (Å²) < 4.78 is 11.8. The molecule has 0 amide bonds. The summed E-state index contributed by atoms with van der Waals surface area (Å²) in [4.78, 5) is 0. The molecule has 0 unspecified atom stereocenters. The monoisotopic (exact) mass is 347 g/mol. The summed E-state index contributed by atoms with van der Waals surface area (Å²) in [5.74, 6) is 1.89. The molecular formula is C17H18BrNO2. The zero-order valence-corrected chi connectivity index (χ0v) is 13.6. The van der Waals surface area contributed by atoms with Crippen molar-refractivity contribution in [1.82, 2.24) is 0 Å². The van der Waals surface area contributed by atoms with Gasteiger partial charge in [0.1, 0.15) is 11.5 Å². The van der Waals surface area contributed by atoms with E-state index in [1.807, 2.05) is 18.2 Å². The molecule has 3 rings (SSSR count). The fourth-order valence-electron chi connectivity index (χ4n) is 2.52. The average molecular weight is 348 g/mol. The van der Waals surface area contributed by atoms with Crippen molar-refractivity contribution in [3.05, 3.63) is 52.0 Å². The fourth-order valence-corrected chi connectivity index (χ4v) is 2.92. The Labute approximate surface area is 133 Å². The topological polar surface area (TPSA) is 30.5 Å². The molecule has 0 radical (unpaired) electrons. The summed E-state index contributed by atoms with van der Waals surface area (Å²) in [6.45, 7) is 1.71. The Hall–Kier alpha value is -1.68. The van der Waals surface area contributed by atoms with Crippen molar-refractivity contribution in [3.63, 3.8) is 0 Å². The van der Waals surface area contributed by atoms with Gasteiger partial charge in [-0.3, -0.25) is 0 Å². The van der Waals surface area contributed by atoms with Crippen molar-refractivity contribution >= 4 is 21.6 Å². The minimum absolute atomic E-state index is 0.815. The highest BCUT2D eigenvalue weighted by molar-refractivity contribution is 9.10. The van der Waals surface area contributed by atoms with E-state index >= 15 is 0 Å². The van der Waals surface area contributed by atoms with Gasteiger partial charge in [0.05, 0.1) is 18.2 Å². The number of hydrogen-bond donors (Lipinski definition) is 1. The van der Waals surface area contributed by atoms with Crippen molar-refractivity contribution in [2.75, 3.05) is 25.6 Å². The molecule has 0 aliphatic carbocycles. The lowest BCUT2D eigenvalue weighted by Gasteiger charge is -2.10. The summed E-state index contributed by atoms with van der Waals surface area (Å²) >= 11 is 3.46. The van der Waals surface area contributed by atoms with E-state index in [2.05, 4.69) is 39.4 Å². The molecule has 0 spiro atoms. The van der Waals surface area contributed by atoms with Crippen molar-refractivity contribution < 1.29 is 9.47 Å². The van der Waals surface area contributed by atoms with Crippen LogP contribution in [0.1, 0.15) is 11.1 Å². The molecule has 0 bridgehead atoms. The third-order valence-electron chi connectivity index (χ3n) is 3.65. The number of methoxy groups -OCH3 is 1. The Morgan fingerprint density at radius 2 is 2.14 bits per heavy atom. The van der Waals surface area contributed by atoms with E-state index in [0.29, 0.717) is 0 Å². The molecule has 2 aromatic rings. The summed E-state index contributed by atoms with van der Waals surface area (Å²) in [7, 11) is 1.68. The van der Waals surface area contributed by atoms with E-state index < -0.39 is 0 Å². The van der Waals surface area contributed by atoms with E-state index in [9.17, 15) is 0 Å². The van der Waals surface area contributed by atoms with Gasteiger partial charge in [-0.25, -0.2) is 0 Å². The molecule has 1 aliphatic rings. The second-order valence-corrected chi connectivity index (χ2v) is 5.92. The molecule has 1 aliphatic heterocycles. The maximum atomic E-state index is 5.53. The molecule has 1 heterocycles. The molecule has 0 aromatic heterocycles. The van der Waals surface area contributed by atoms with E-state index in [0.717, 1.165) is 47.7 Å². The van der Waals surface area contributed by atoms with Gasteiger partial charge in [-0.2, -0.15) is 0 Å². The quantitative estimate of drug-likeness (QED) is 0.884. The zero-order chi connectivity index (χ0) is 14.7. The van der Waals surface area contributed by atoms with E-state index in [1.165, 1.54) is 11.1 Å². The molecule has 110 valence electrons. The molecule has 4 heteroatoms. The standard InChI is InChI=1S/C17H18BrNO2/c1-20-17-11-14(3-4-15(17)18)19-8-6-12-2-5-16-13(10-12)7-9-21-16/h2-5,10-11,19H,6-9H2,1H3. The first kappa shape index (κ1) is 14.3. The largest absolute Gasteiger partial charge is 0.495 e. The molecule has 21 heavy (non-hydrogen) atoms. The summed E-state index contributed by atoms with van der Waals surface area (Å²) in [6.07, 6.45) is 2.02. The van der Waals surface area contributed by atoms with Gasteiger partial charge in [-0.1, -0.05) is 12.1 Å². The van der Waals surface area contributed by atoms with Crippen molar-refractivity contribution in [1.29, 1.82) is 0 Å². The number of hydrogen-bond acceptors (Lipinski definition) is 3. The number of anilines is 1. The second-order valence-electron chi connectivity index (χ2n) is 5.07. The predicted molar refractivity (Wildman–Crippen MR) is 88.5 cm³/mol. The van der Waals surface area contributed by atoms with Crippen LogP contribution >= 0.6 is 15.9 Å². The SMILES string of the molecule is COc1cc(NCCc2ccc3c(c2)CCO3)ccc1Br. The normalized spacial score (nSPS) is 12.7. The molecule has 0 atom stereocenters. The molecule has 1 N–H and O–H groups in total. The Morgan fingerprint density at radius 1 is 1.24 bits per heavy atom. The van der Waals surface area contributed by atoms with Gasteiger partial charge in [-0.05, 0) is 51.7 Å². The van der Waals surface area contributed by atoms with Crippen LogP contribution < -0.4 is 14.8 Å². The van der Waals surface area contributed by atoms with E-state index in [1.54, 1.807) is 7.11 Å². The van der Waals surface area contributed by atoms with Crippen LogP contribution in [0.2, 0.25) is 0 Å². The number of benzene rings is 2. The Morgan fingerprint density at radius 3 is 3.00 bits per heavy atom. The van der Waals surface area contributed by atoms with Gasteiger partial charge in [0.15, 0.2) is 0 Å². The van der Waals surface area contributed by atoms with Crippen LogP contribution in [-0.2, 0) is 12.8 Å². The van der Waals surface area contributed by atoms with Gasteiger partial charge in [0, 0.05) is 24.7 Å². The van der Waals surface area contributed by atoms with Crippen LogP contribution in [0.3, 0.4) is 0 Å². The lowest BCUT2D eigenvalue weighted by Crippen LogP contribution is -2.05. The summed E-state index contributed by atoms with van der Waals surface area (Å²) in [6, 6.07) is 12.5. The lowest BCUT2D eigenvalue weighted by atomic mass is 10.1. The molecular weight excluding hydrogens is 330 g/mol. The van der Waals surface area contributed by atoms with Gasteiger partial charge in [0.2, 0.25) is 0 Å². The lowest BCUT2D eigenvalue weighted by molar-refractivity contribution is 0.357. The summed E-state index contributed by atoms with van der Waals surface area (Å²) in [5.41, 5.74) is 3.74. The summed E-state index contributed by atoms with van der Waals surface area (Å²) in [5, 5.41) is 3.43. The smallest absolute Gasteiger partial charge is 0.135 e. The second kappa shape index (κ2) is 6.39. The number of fused-ring (bicyclic) bond motifs is 1. The van der Waals surface area contributed by atoms with Crippen molar-refractivity contribution in [3.8, 4) is 11.5 Å². The minimum Gasteiger partial charge on any atom is -0.495 e. The Bertz CT molecular complexity index is 632. The van der Waals surface area contributed by atoms with Crippen molar-refractivity contribution in [2.45, 2.75) is 12.8 Å². The Balaban J connectivity index is 1.58. The van der Waals surface area contributed by atoms with Crippen LogP contribution in [0.5, 0.6) is 11.5 Å². The van der Waals surface area contributed by atoms with Crippen molar-refractivity contribution in [2.24, 2.45) is 0 Å². The highest BCUT2D eigenvalue weighted by Crippen LogP contribution is 2.28. The Kier molecular flexibility index (Phi) is 4.34. The maximum absolute atomic E-state index is 5.53. The molecule has 3 nitrogen and oxygen atoms in total. The van der Waals surface area contributed by atoms with Crippen LogP contribution in [0.4, 0.5) is 5.69 Å². The highest BCUT2D eigenvalue weighted by atomic mass is 79.9. The highest BCUT2D eigenvalue weighted by Gasteiger charge is 2.11. The van der Waals surface area contributed by atoms with Crippen LogP contribution in [0.15, 0.2) is 40.9 Å². The van der Waals surface area contributed by atoms with Gasteiger partial charge in [0.25, 0.3) is 0 Å². The average Bonchev–Trinajstić information content (AvgIpc) is 2.96. The van der Waals surface area contributed by atoms with Crippen LogP contribution in [0, 0.1) is 0 Å². The molecule has 0 saturated heterocycles. The fraction of sp³-hybridized carbons (Fsp3) is 0.294. The zero-order valence-electron chi connectivity index (χ0n) is 12.0. The molecule has 2 aromatic carbocycles. The van der Waals surface area contributed by atoms with Gasteiger partial charge < -0.3 is 14.8 Å². The first-order valence-corrected chi connectivity index (χ1v) is 7.87. The predicted octanol–water partition coefficient (Wildman–Crippen LogP) is 4.05. The van der Waals surface area contributed by atoms with E-state index in [4.69, 9.17) is 9.47 Å². The first-order valence-electron chi connectivity index (χ1n) is 7.08. The number of rotatable bonds is 5. The number of halogens is 1. The number of nitrogens with one attached hydrogen (secondary N) is 1.